The number of benzene rings is 2. The monoisotopic (exact) mass is 422 g/mol. The van der Waals surface area contributed by atoms with Crippen LogP contribution < -0.4 is 5.32 Å². The van der Waals surface area contributed by atoms with Crippen LogP contribution in [0.4, 0.5) is 0 Å². The molecule has 1 amide bonds. The molecule has 0 fully saturated rings. The van der Waals surface area contributed by atoms with E-state index in [0.717, 1.165) is 14.0 Å². The Morgan fingerprint density at radius 3 is 1.89 bits per heavy atom. The molecule has 6 heteroatoms. The molecule has 3 aromatic rings. The number of aryl methyl sites for hydroxylation is 2. The number of hydrogen-bond acceptors (Lipinski definition) is 5. The van der Waals surface area contributed by atoms with Gasteiger partial charge in [0.15, 0.2) is 0 Å². The largest absolute Gasteiger partial charge is 0.311 e. The minimum Gasteiger partial charge on any atom is -0.311 e. The summed E-state index contributed by atoms with van der Waals surface area (Å²) in [5.74, 6) is -0.266. The average molecular weight is 423 g/mol. The van der Waals surface area contributed by atoms with Gasteiger partial charge in [-0.3, -0.25) is 4.79 Å². The van der Waals surface area contributed by atoms with Gasteiger partial charge in [0, 0.05) is 9.79 Å². The van der Waals surface area contributed by atoms with Gasteiger partial charge in [-0.25, -0.2) is 0 Å². The fourth-order valence-corrected chi connectivity index (χ4v) is 4.99. The number of nitrogens with one attached hydrogen (secondary N) is 1. The van der Waals surface area contributed by atoms with E-state index in [4.69, 9.17) is 0 Å². The van der Waals surface area contributed by atoms with E-state index in [1.807, 2.05) is 73.8 Å². The number of allylic oxidation sites excluding steroid dienone is 1. The summed E-state index contributed by atoms with van der Waals surface area (Å²) in [5.41, 5.74) is 2.61. The highest BCUT2D eigenvalue weighted by atomic mass is 32.2. The number of carbonyl (C=O) groups excluding carboxylic acids is 1. The third-order valence-corrected chi connectivity index (χ3v) is 6.93. The van der Waals surface area contributed by atoms with Crippen LogP contribution in [0.1, 0.15) is 20.8 Å². The molecule has 0 unspecified atom stereocenters. The summed E-state index contributed by atoms with van der Waals surface area (Å²) >= 11 is 4.30. The number of hydrogen-bond donors (Lipinski definition) is 1. The fraction of sp³-hybridized carbons (Fsp3) is 0.0909. The second kappa shape index (κ2) is 9.65. The highest BCUT2D eigenvalue weighted by molar-refractivity contribution is 8.22. The molecule has 3 rings (SSSR count). The van der Waals surface area contributed by atoms with E-state index in [0.29, 0.717) is 4.88 Å². The lowest BCUT2D eigenvalue weighted by atomic mass is 10.2. The maximum absolute atomic E-state index is 12.5. The zero-order valence-corrected chi connectivity index (χ0v) is 17.9. The standard InChI is InChI=1S/C22H18N2OS3/c1-15-5-9-17(10-6-15)27-22(28-18-11-7-16(2)8-12-18)19(14-23)24-21(25)20-4-3-13-26-20/h3-13H,1-2H3,(H,24,25). The number of carbonyl (C=O) groups is 1. The summed E-state index contributed by atoms with van der Waals surface area (Å²) < 4.78 is 0.736. The topological polar surface area (TPSA) is 52.9 Å². The highest BCUT2D eigenvalue weighted by Gasteiger charge is 2.15. The van der Waals surface area contributed by atoms with Gasteiger partial charge < -0.3 is 5.32 Å². The Balaban J connectivity index is 1.92. The quantitative estimate of drug-likeness (QED) is 0.370. The molecular weight excluding hydrogens is 404 g/mol. The Morgan fingerprint density at radius 2 is 1.46 bits per heavy atom. The molecule has 0 aliphatic carbocycles. The van der Waals surface area contributed by atoms with Crippen LogP contribution in [-0.2, 0) is 0 Å². The number of nitrogens with zero attached hydrogens (tertiary/aromatic N) is 1. The molecule has 0 spiro atoms. The van der Waals surface area contributed by atoms with Crippen molar-refractivity contribution in [2.45, 2.75) is 23.6 Å². The first-order valence-electron chi connectivity index (χ1n) is 8.53. The van der Waals surface area contributed by atoms with E-state index >= 15 is 0 Å². The fourth-order valence-electron chi connectivity index (χ4n) is 2.26. The molecule has 0 aliphatic heterocycles. The lowest BCUT2D eigenvalue weighted by Crippen LogP contribution is -2.21. The van der Waals surface area contributed by atoms with Crippen LogP contribution in [0.3, 0.4) is 0 Å². The SMILES string of the molecule is Cc1ccc(SC(Sc2ccc(C)cc2)=C(C#N)NC(=O)c2cccs2)cc1. The molecule has 1 heterocycles. The highest BCUT2D eigenvalue weighted by Crippen LogP contribution is 2.41. The van der Waals surface area contributed by atoms with Gasteiger partial charge >= 0.3 is 0 Å². The molecule has 28 heavy (non-hydrogen) atoms. The number of thioether (sulfide) groups is 2. The number of nitriles is 1. The summed E-state index contributed by atoms with van der Waals surface area (Å²) in [4.78, 5) is 15.1. The van der Waals surface area contributed by atoms with E-state index in [-0.39, 0.29) is 11.6 Å². The molecule has 0 bridgehead atoms. The van der Waals surface area contributed by atoms with Gasteiger partial charge in [-0.15, -0.1) is 11.3 Å². The lowest BCUT2D eigenvalue weighted by Gasteiger charge is -2.11. The molecule has 0 radical (unpaired) electrons. The molecule has 0 saturated heterocycles. The van der Waals surface area contributed by atoms with E-state index in [1.54, 1.807) is 6.07 Å². The lowest BCUT2D eigenvalue weighted by molar-refractivity contribution is 0.0971. The predicted molar refractivity (Wildman–Crippen MR) is 118 cm³/mol. The van der Waals surface area contributed by atoms with E-state index in [2.05, 4.69) is 11.4 Å². The first kappa shape index (κ1) is 20.3. The first-order valence-corrected chi connectivity index (χ1v) is 11.0. The Bertz CT molecular complexity index is 966. The molecule has 140 valence electrons. The van der Waals surface area contributed by atoms with Crippen LogP contribution in [-0.4, -0.2) is 5.91 Å². The first-order chi connectivity index (χ1) is 13.5. The van der Waals surface area contributed by atoms with Crippen molar-refractivity contribution in [1.82, 2.24) is 5.32 Å². The van der Waals surface area contributed by atoms with Crippen LogP contribution in [0, 0.1) is 25.2 Å². The van der Waals surface area contributed by atoms with Crippen molar-refractivity contribution in [1.29, 1.82) is 5.26 Å². The van der Waals surface area contributed by atoms with Crippen LogP contribution >= 0.6 is 34.9 Å². The van der Waals surface area contributed by atoms with Crippen LogP contribution in [0.2, 0.25) is 0 Å². The maximum Gasteiger partial charge on any atom is 0.266 e. The van der Waals surface area contributed by atoms with Crippen molar-refractivity contribution in [3.8, 4) is 6.07 Å². The van der Waals surface area contributed by atoms with Crippen molar-refractivity contribution in [3.05, 3.63) is 92.0 Å². The molecule has 1 aromatic heterocycles. The molecule has 0 saturated carbocycles. The average Bonchev–Trinajstić information content (AvgIpc) is 3.24. The van der Waals surface area contributed by atoms with Crippen molar-refractivity contribution in [2.24, 2.45) is 0 Å². The van der Waals surface area contributed by atoms with Crippen LogP contribution in [0.5, 0.6) is 0 Å². The molecule has 0 aliphatic rings. The van der Waals surface area contributed by atoms with E-state index in [9.17, 15) is 10.1 Å². The summed E-state index contributed by atoms with van der Waals surface area (Å²) in [6.45, 7) is 4.07. The van der Waals surface area contributed by atoms with Gasteiger partial charge in [0.2, 0.25) is 0 Å². The van der Waals surface area contributed by atoms with Gasteiger partial charge in [0.05, 0.1) is 9.11 Å². The molecule has 1 N–H and O–H groups in total. The van der Waals surface area contributed by atoms with E-state index in [1.165, 1.54) is 46.0 Å². The Kier molecular flexibility index (Phi) is 6.99. The predicted octanol–water partition coefficient (Wildman–Crippen LogP) is 6.37. The van der Waals surface area contributed by atoms with Crippen LogP contribution in [0.15, 0.2) is 85.8 Å². The van der Waals surface area contributed by atoms with Crippen molar-refractivity contribution in [3.63, 3.8) is 0 Å². The summed E-state index contributed by atoms with van der Waals surface area (Å²) in [7, 11) is 0. The van der Waals surface area contributed by atoms with Gasteiger partial charge in [-0.2, -0.15) is 5.26 Å². The smallest absolute Gasteiger partial charge is 0.266 e. The number of amides is 1. The second-order valence-corrected chi connectivity index (χ2v) is 9.41. The van der Waals surface area contributed by atoms with Crippen molar-refractivity contribution >= 4 is 40.8 Å². The zero-order valence-electron chi connectivity index (χ0n) is 15.4. The van der Waals surface area contributed by atoms with Gasteiger partial charge in [-0.05, 0) is 49.6 Å². The summed E-state index contributed by atoms with van der Waals surface area (Å²) in [5, 5.41) is 14.4. The summed E-state index contributed by atoms with van der Waals surface area (Å²) in [6, 6.07) is 21.9. The van der Waals surface area contributed by atoms with Crippen LogP contribution in [0.25, 0.3) is 0 Å². The minimum atomic E-state index is -0.266. The molecule has 2 aromatic carbocycles. The third-order valence-electron chi connectivity index (χ3n) is 3.76. The Labute approximate surface area is 177 Å². The van der Waals surface area contributed by atoms with Crippen molar-refractivity contribution in [2.75, 3.05) is 0 Å². The van der Waals surface area contributed by atoms with Gasteiger partial charge in [-0.1, -0.05) is 65.0 Å². The Morgan fingerprint density at radius 1 is 0.929 bits per heavy atom. The second-order valence-electron chi connectivity index (χ2n) is 6.04. The normalized spacial score (nSPS) is 10.2. The van der Waals surface area contributed by atoms with Gasteiger partial charge in [0.25, 0.3) is 5.91 Å². The Hall–Kier alpha value is -2.46. The maximum atomic E-state index is 12.5. The molecule has 0 atom stereocenters. The number of rotatable bonds is 6. The number of thiophene rings is 1. The zero-order chi connectivity index (χ0) is 19.9. The van der Waals surface area contributed by atoms with Crippen molar-refractivity contribution < 1.29 is 4.79 Å². The summed E-state index contributed by atoms with van der Waals surface area (Å²) in [6.07, 6.45) is 0. The minimum absolute atomic E-state index is 0.259. The van der Waals surface area contributed by atoms with E-state index < -0.39 is 0 Å². The van der Waals surface area contributed by atoms with Gasteiger partial charge in [0.1, 0.15) is 11.8 Å². The third kappa shape index (κ3) is 5.52. The molecular formula is C22H18N2OS3. The molecule has 3 nitrogen and oxygen atoms in total.